The predicted molar refractivity (Wildman–Crippen MR) is 81.0 cm³/mol. The minimum Gasteiger partial charge on any atom is -0.465 e. The van der Waals surface area contributed by atoms with E-state index in [0.29, 0.717) is 0 Å². The van der Waals surface area contributed by atoms with Gasteiger partial charge in [0.15, 0.2) is 0 Å². The molecule has 1 aliphatic heterocycles. The van der Waals surface area contributed by atoms with Crippen molar-refractivity contribution in [2.24, 2.45) is 0 Å². The first-order valence-corrected chi connectivity index (χ1v) is 9.09. The van der Waals surface area contributed by atoms with Crippen LogP contribution in [0.5, 0.6) is 0 Å². The summed E-state index contributed by atoms with van der Waals surface area (Å²) in [5, 5.41) is -0.0537. The number of hydrogen-bond acceptors (Lipinski definition) is 9. The monoisotopic (exact) mass is 352 g/mol. The van der Waals surface area contributed by atoms with Gasteiger partial charge in [0.05, 0.1) is 18.9 Å². The Morgan fingerprint density at radius 2 is 1.35 bits per heavy atom. The summed E-state index contributed by atoms with van der Waals surface area (Å²) in [6, 6.07) is 0. The second-order valence-corrected chi connectivity index (χ2v) is 9.19. The van der Waals surface area contributed by atoms with Crippen molar-refractivity contribution in [3.8, 4) is 0 Å². The number of thioether (sulfide) groups is 2. The number of esters is 2. The van der Waals surface area contributed by atoms with Gasteiger partial charge in [-0.3, -0.25) is 14.4 Å². The van der Waals surface area contributed by atoms with Crippen molar-refractivity contribution in [1.29, 1.82) is 0 Å². The molecule has 0 radical (unpaired) electrons. The van der Waals surface area contributed by atoms with Gasteiger partial charge in [-0.1, -0.05) is 22.7 Å². The van der Waals surface area contributed by atoms with Crippen LogP contribution in [0.1, 0.15) is 13.8 Å². The first kappa shape index (κ1) is 15.9. The van der Waals surface area contributed by atoms with E-state index in [2.05, 4.69) is 0 Å². The van der Waals surface area contributed by atoms with Crippen molar-refractivity contribution >= 4 is 58.1 Å². The third-order valence-electron chi connectivity index (χ3n) is 2.35. The Balaban J connectivity index is 2.10. The van der Waals surface area contributed by atoms with Gasteiger partial charge in [0.25, 0.3) is 4.06 Å². The second kappa shape index (κ2) is 6.97. The van der Waals surface area contributed by atoms with Gasteiger partial charge in [-0.25, -0.2) is 0 Å². The number of ether oxygens (including phenoxy) is 2. The van der Waals surface area contributed by atoms with Crippen LogP contribution in [0.2, 0.25) is 0 Å². The zero-order chi connectivity index (χ0) is 14.7. The molecule has 9 heteroatoms. The first-order chi connectivity index (χ1) is 9.45. The summed E-state index contributed by atoms with van der Waals surface area (Å²) in [7, 11) is 0. The summed E-state index contributed by atoms with van der Waals surface area (Å²) >= 11 is 5.46. The fourth-order valence-electron chi connectivity index (χ4n) is 1.51. The highest BCUT2D eigenvalue weighted by Crippen LogP contribution is 2.48. The van der Waals surface area contributed by atoms with Crippen LogP contribution in [0, 0.1) is 0 Å². The van der Waals surface area contributed by atoms with Crippen LogP contribution < -0.4 is 4.06 Å². The maximum absolute atomic E-state index is 11.4. The van der Waals surface area contributed by atoms with Gasteiger partial charge >= 0.3 is 11.9 Å². The lowest BCUT2D eigenvalue weighted by molar-refractivity contribution is -0.143. The van der Waals surface area contributed by atoms with E-state index in [4.69, 9.17) is 9.47 Å². The highest BCUT2D eigenvalue weighted by atomic mass is 32.2. The Hall–Kier alpha value is -0.510. The van der Waals surface area contributed by atoms with Crippen LogP contribution in [-0.2, 0) is 19.1 Å². The molecule has 0 saturated heterocycles. The number of fused-ring (bicyclic) bond motifs is 1. The third kappa shape index (κ3) is 4.24. The molecule has 0 amide bonds. The van der Waals surface area contributed by atoms with Crippen LogP contribution >= 0.6 is 46.2 Å². The van der Waals surface area contributed by atoms with Crippen LogP contribution in [0.15, 0.2) is 13.2 Å². The SMILES string of the molecule is CC(=O)OC[C@H]1Sc2sc(=O)sc2S[C@@H]1COC(C)=O. The number of carbonyl (C=O) groups is 2. The molecule has 0 N–H and O–H groups in total. The number of rotatable bonds is 4. The van der Waals surface area contributed by atoms with Gasteiger partial charge in [0.2, 0.25) is 0 Å². The van der Waals surface area contributed by atoms with E-state index in [0.717, 1.165) is 8.42 Å². The average Bonchev–Trinajstić information content (AvgIpc) is 2.71. The third-order valence-corrected chi connectivity index (χ3v) is 8.10. The molecule has 0 aliphatic carbocycles. The molecule has 2 rings (SSSR count). The number of carbonyl (C=O) groups excluding carboxylic acids is 2. The molecule has 0 fully saturated rings. The molecule has 0 aromatic carbocycles. The van der Waals surface area contributed by atoms with Crippen molar-refractivity contribution < 1.29 is 19.1 Å². The molecule has 2 heterocycles. The normalized spacial score (nSPS) is 21.1. The van der Waals surface area contributed by atoms with Crippen LogP contribution in [0.3, 0.4) is 0 Å². The van der Waals surface area contributed by atoms with Crippen molar-refractivity contribution in [2.45, 2.75) is 32.8 Å². The summed E-state index contributed by atoms with van der Waals surface area (Å²) in [5.41, 5.74) is 0. The van der Waals surface area contributed by atoms with Crippen molar-refractivity contribution in [3.05, 3.63) is 8.85 Å². The zero-order valence-corrected chi connectivity index (χ0v) is 14.0. The topological polar surface area (TPSA) is 69.7 Å². The van der Waals surface area contributed by atoms with E-state index in [1.54, 1.807) is 0 Å². The van der Waals surface area contributed by atoms with E-state index in [1.807, 2.05) is 0 Å². The summed E-state index contributed by atoms with van der Waals surface area (Å²) in [5.74, 6) is -0.683. The molecule has 1 aromatic heterocycles. The van der Waals surface area contributed by atoms with Gasteiger partial charge in [-0.15, -0.1) is 23.5 Å². The lowest BCUT2D eigenvalue weighted by atomic mass is 10.3. The zero-order valence-electron chi connectivity index (χ0n) is 10.7. The molecule has 0 saturated carbocycles. The maximum atomic E-state index is 11.4. The predicted octanol–water partition coefficient (Wildman–Crippen LogP) is 2.23. The highest BCUT2D eigenvalue weighted by Gasteiger charge is 2.33. The van der Waals surface area contributed by atoms with E-state index < -0.39 is 0 Å². The Morgan fingerprint density at radius 3 is 1.70 bits per heavy atom. The Labute approximate surface area is 132 Å². The van der Waals surface area contributed by atoms with Gasteiger partial charge in [0.1, 0.15) is 13.2 Å². The molecule has 0 spiro atoms. The maximum Gasteiger partial charge on any atom is 0.302 e. The Morgan fingerprint density at radius 1 is 0.950 bits per heavy atom. The summed E-state index contributed by atoms with van der Waals surface area (Å²) < 4.78 is 12.1. The lowest BCUT2D eigenvalue weighted by Crippen LogP contribution is -2.32. The lowest BCUT2D eigenvalue weighted by Gasteiger charge is -2.28. The van der Waals surface area contributed by atoms with Gasteiger partial charge < -0.3 is 9.47 Å². The molecule has 110 valence electrons. The van der Waals surface area contributed by atoms with Crippen molar-refractivity contribution in [2.75, 3.05) is 13.2 Å². The molecular formula is C11H12O5S4. The highest BCUT2D eigenvalue weighted by molar-refractivity contribution is 8.09. The Bertz CT molecular complexity index is 517. The fraction of sp³-hybridized carbons (Fsp3) is 0.545. The summed E-state index contributed by atoms with van der Waals surface area (Å²) in [6.45, 7) is 3.20. The molecule has 1 aromatic rings. The van der Waals surface area contributed by atoms with E-state index >= 15 is 0 Å². The fourth-order valence-corrected chi connectivity index (χ4v) is 7.43. The second-order valence-electron chi connectivity index (χ2n) is 3.95. The molecule has 1 aliphatic rings. The molecule has 2 atom stereocenters. The standard InChI is InChI=1S/C11H12O5S4/c1-5(12)15-3-7-8(4-16-6(2)13)18-10-9(17-7)19-11(14)20-10/h7-8H,3-4H2,1-2H3/t7-,8-/m1/s1. The minimum absolute atomic E-state index is 0.0269. The number of hydrogen-bond donors (Lipinski definition) is 0. The van der Waals surface area contributed by atoms with Crippen LogP contribution in [0.4, 0.5) is 0 Å². The molecular weight excluding hydrogens is 340 g/mol. The van der Waals surface area contributed by atoms with Gasteiger partial charge in [-0.2, -0.15) is 0 Å². The minimum atomic E-state index is -0.342. The average molecular weight is 352 g/mol. The smallest absolute Gasteiger partial charge is 0.302 e. The van der Waals surface area contributed by atoms with Crippen molar-refractivity contribution in [3.63, 3.8) is 0 Å². The first-order valence-electron chi connectivity index (χ1n) is 5.69. The van der Waals surface area contributed by atoms with E-state index in [9.17, 15) is 14.4 Å². The molecule has 20 heavy (non-hydrogen) atoms. The van der Waals surface area contributed by atoms with E-state index in [1.165, 1.54) is 60.0 Å². The largest absolute Gasteiger partial charge is 0.465 e. The van der Waals surface area contributed by atoms with Crippen LogP contribution in [-0.4, -0.2) is 35.7 Å². The van der Waals surface area contributed by atoms with Gasteiger partial charge in [-0.05, 0) is 0 Å². The van der Waals surface area contributed by atoms with Crippen molar-refractivity contribution in [1.82, 2.24) is 0 Å². The van der Waals surface area contributed by atoms with Crippen LogP contribution in [0.25, 0.3) is 0 Å². The molecule has 0 bridgehead atoms. The molecule has 0 unspecified atom stereocenters. The summed E-state index contributed by atoms with van der Waals surface area (Å²) in [6.07, 6.45) is 0. The Kier molecular flexibility index (Phi) is 5.53. The molecule has 5 nitrogen and oxygen atoms in total. The summed E-state index contributed by atoms with van der Waals surface area (Å²) in [4.78, 5) is 33.3. The van der Waals surface area contributed by atoms with Gasteiger partial charge in [0, 0.05) is 13.8 Å². The van der Waals surface area contributed by atoms with E-state index in [-0.39, 0.29) is 39.7 Å². The quantitative estimate of drug-likeness (QED) is 0.770.